The van der Waals surface area contributed by atoms with E-state index < -0.39 is 5.97 Å². The highest BCUT2D eigenvalue weighted by molar-refractivity contribution is 5.93. The van der Waals surface area contributed by atoms with Crippen molar-refractivity contribution in [1.29, 1.82) is 0 Å². The van der Waals surface area contributed by atoms with Crippen molar-refractivity contribution in [2.75, 3.05) is 33.0 Å². The van der Waals surface area contributed by atoms with E-state index in [9.17, 15) is 4.79 Å². The molecule has 0 radical (unpaired) electrons. The molecule has 1 saturated heterocycles. The Labute approximate surface area is 211 Å². The van der Waals surface area contributed by atoms with Gasteiger partial charge in [-0.15, -0.1) is 0 Å². The lowest BCUT2D eigenvalue weighted by atomic mass is 9.90. The Kier molecular flexibility index (Phi) is 7.04. The number of nitrogens with zero attached hydrogens (tertiary/aromatic N) is 1. The summed E-state index contributed by atoms with van der Waals surface area (Å²) in [7, 11) is 0. The minimum atomic E-state index is -0.397. The summed E-state index contributed by atoms with van der Waals surface area (Å²) < 4.78 is 22.3. The van der Waals surface area contributed by atoms with Gasteiger partial charge in [0.1, 0.15) is 11.5 Å². The van der Waals surface area contributed by atoms with Crippen LogP contribution in [0, 0.1) is 12.0 Å². The standard InChI is InChI=1S/C30H29NO5/c1-30(19-34-20-30)18-33-13-3-4-14-35-25-7-9-26(10-8-25)36-29(32)21-5-11-27-22(15-21)16-23-17-24(31-2)6-12-28(23)27/h5-12,15,17H,3-4,13-14,16,18-20H2,1H3. The molecule has 0 aromatic heterocycles. The van der Waals surface area contributed by atoms with E-state index in [0.29, 0.717) is 30.0 Å². The fourth-order valence-corrected chi connectivity index (χ4v) is 4.51. The fraction of sp³-hybridized carbons (Fsp3) is 0.333. The quantitative estimate of drug-likeness (QED) is 0.116. The van der Waals surface area contributed by atoms with Crippen LogP contribution in [0.15, 0.2) is 60.7 Å². The summed E-state index contributed by atoms with van der Waals surface area (Å²) in [6.45, 7) is 13.1. The average molecular weight is 484 g/mol. The molecule has 1 heterocycles. The van der Waals surface area contributed by atoms with Crippen molar-refractivity contribution in [2.24, 2.45) is 5.41 Å². The van der Waals surface area contributed by atoms with E-state index >= 15 is 0 Å². The Morgan fingerprint density at radius 3 is 2.36 bits per heavy atom. The lowest BCUT2D eigenvalue weighted by molar-refractivity contribution is -0.138. The highest BCUT2D eigenvalue weighted by atomic mass is 16.5. The second kappa shape index (κ2) is 10.5. The van der Waals surface area contributed by atoms with Crippen LogP contribution in [0.25, 0.3) is 16.0 Å². The summed E-state index contributed by atoms with van der Waals surface area (Å²) in [5, 5.41) is 0. The number of esters is 1. The van der Waals surface area contributed by atoms with E-state index in [-0.39, 0.29) is 5.41 Å². The van der Waals surface area contributed by atoms with Gasteiger partial charge in [-0.2, -0.15) is 0 Å². The zero-order valence-corrected chi connectivity index (χ0v) is 20.4. The van der Waals surface area contributed by atoms with Gasteiger partial charge < -0.3 is 18.9 Å². The van der Waals surface area contributed by atoms with Gasteiger partial charge in [-0.25, -0.2) is 9.64 Å². The van der Waals surface area contributed by atoms with Crippen LogP contribution >= 0.6 is 0 Å². The first-order valence-electron chi connectivity index (χ1n) is 12.3. The number of unbranched alkanes of at least 4 members (excludes halogenated alkanes) is 1. The molecule has 3 aromatic carbocycles. The molecule has 1 aliphatic carbocycles. The van der Waals surface area contributed by atoms with Crippen LogP contribution in [-0.2, 0) is 15.9 Å². The van der Waals surface area contributed by atoms with E-state index in [1.807, 2.05) is 42.5 Å². The van der Waals surface area contributed by atoms with E-state index in [1.54, 1.807) is 18.2 Å². The van der Waals surface area contributed by atoms with E-state index in [1.165, 1.54) is 0 Å². The molecule has 0 amide bonds. The van der Waals surface area contributed by atoms with Crippen molar-refractivity contribution in [1.82, 2.24) is 0 Å². The first kappa shape index (κ1) is 24.1. The number of carbonyl (C=O) groups is 1. The molecule has 0 saturated carbocycles. The maximum absolute atomic E-state index is 12.7. The second-order valence-corrected chi connectivity index (χ2v) is 9.77. The van der Waals surface area contributed by atoms with Crippen LogP contribution in [0.5, 0.6) is 11.5 Å². The number of fused-ring (bicyclic) bond motifs is 3. The minimum Gasteiger partial charge on any atom is -0.494 e. The van der Waals surface area contributed by atoms with Gasteiger partial charge in [0, 0.05) is 12.0 Å². The number of rotatable bonds is 10. The van der Waals surface area contributed by atoms with Gasteiger partial charge in [-0.1, -0.05) is 31.2 Å². The zero-order chi connectivity index (χ0) is 25.0. The molecule has 3 aromatic rings. The molecule has 0 spiro atoms. The Bertz CT molecular complexity index is 1290. The molecule has 2 aliphatic rings. The molecule has 6 nitrogen and oxygen atoms in total. The lowest BCUT2D eigenvalue weighted by Crippen LogP contribution is -2.43. The average Bonchev–Trinajstić information content (AvgIpc) is 3.24. The summed E-state index contributed by atoms with van der Waals surface area (Å²) >= 11 is 0. The molecule has 6 heteroatoms. The van der Waals surface area contributed by atoms with Gasteiger partial charge in [0.05, 0.1) is 38.6 Å². The number of carbonyl (C=O) groups excluding carboxylic acids is 1. The molecule has 0 atom stereocenters. The van der Waals surface area contributed by atoms with Crippen LogP contribution in [0.4, 0.5) is 5.69 Å². The minimum absolute atomic E-state index is 0.193. The molecule has 1 fully saturated rings. The van der Waals surface area contributed by atoms with Crippen molar-refractivity contribution in [3.05, 3.63) is 88.8 Å². The zero-order valence-electron chi connectivity index (χ0n) is 20.4. The monoisotopic (exact) mass is 483 g/mol. The highest BCUT2D eigenvalue weighted by Gasteiger charge is 2.33. The number of ether oxygens (including phenoxy) is 4. The van der Waals surface area contributed by atoms with Gasteiger partial charge in [-0.3, -0.25) is 0 Å². The van der Waals surface area contributed by atoms with Crippen LogP contribution in [0.3, 0.4) is 0 Å². The number of hydrogen-bond donors (Lipinski definition) is 0. The molecule has 184 valence electrons. The molecule has 0 bridgehead atoms. The molecule has 36 heavy (non-hydrogen) atoms. The first-order chi connectivity index (χ1) is 17.5. The summed E-state index contributed by atoms with van der Waals surface area (Å²) in [6.07, 6.45) is 2.56. The molecular formula is C30H29NO5. The summed E-state index contributed by atoms with van der Waals surface area (Å²) in [4.78, 5) is 16.3. The molecule has 1 aliphatic heterocycles. The van der Waals surface area contributed by atoms with Crippen molar-refractivity contribution in [3.8, 4) is 22.6 Å². The Hall–Kier alpha value is -3.66. The summed E-state index contributed by atoms with van der Waals surface area (Å²) in [6, 6.07) is 18.5. The van der Waals surface area contributed by atoms with Gasteiger partial charge in [-0.05, 0) is 77.9 Å². The van der Waals surface area contributed by atoms with Crippen LogP contribution in [0.2, 0.25) is 0 Å². The van der Waals surface area contributed by atoms with Crippen molar-refractivity contribution in [2.45, 2.75) is 26.2 Å². The molecule has 0 unspecified atom stereocenters. The lowest BCUT2D eigenvalue weighted by Gasteiger charge is -2.37. The highest BCUT2D eigenvalue weighted by Crippen LogP contribution is 2.39. The number of benzene rings is 3. The third-order valence-electron chi connectivity index (χ3n) is 6.57. The largest absolute Gasteiger partial charge is 0.494 e. The summed E-state index contributed by atoms with van der Waals surface area (Å²) in [5.41, 5.74) is 5.75. The topological polar surface area (TPSA) is 58.4 Å². The van der Waals surface area contributed by atoms with Gasteiger partial charge >= 0.3 is 5.97 Å². The van der Waals surface area contributed by atoms with Gasteiger partial charge in [0.15, 0.2) is 5.69 Å². The van der Waals surface area contributed by atoms with Crippen LogP contribution in [-0.4, -0.2) is 39.0 Å². The van der Waals surface area contributed by atoms with Crippen LogP contribution < -0.4 is 9.47 Å². The van der Waals surface area contributed by atoms with Gasteiger partial charge in [0.2, 0.25) is 0 Å². The third kappa shape index (κ3) is 5.43. The number of hydrogen-bond acceptors (Lipinski definition) is 5. The normalized spacial score (nSPS) is 14.8. The Morgan fingerprint density at radius 1 is 0.944 bits per heavy atom. The fourth-order valence-electron chi connectivity index (χ4n) is 4.51. The third-order valence-corrected chi connectivity index (χ3v) is 6.57. The molecular weight excluding hydrogens is 454 g/mol. The van der Waals surface area contributed by atoms with E-state index in [0.717, 1.165) is 67.3 Å². The maximum Gasteiger partial charge on any atom is 0.343 e. The SMILES string of the molecule is [C-]#[N+]c1ccc2c(c1)Cc1cc(C(=O)Oc3ccc(OCCCCOCC4(C)COC4)cc3)ccc1-2. The Morgan fingerprint density at radius 2 is 1.64 bits per heavy atom. The first-order valence-corrected chi connectivity index (χ1v) is 12.3. The Balaban J connectivity index is 1.07. The molecule has 5 rings (SSSR count). The maximum atomic E-state index is 12.7. The van der Waals surface area contributed by atoms with Gasteiger partial charge in [0.25, 0.3) is 0 Å². The van der Waals surface area contributed by atoms with Crippen molar-refractivity contribution >= 4 is 11.7 Å². The van der Waals surface area contributed by atoms with Crippen molar-refractivity contribution in [3.63, 3.8) is 0 Å². The van der Waals surface area contributed by atoms with E-state index in [2.05, 4.69) is 11.8 Å². The van der Waals surface area contributed by atoms with Crippen LogP contribution in [0.1, 0.15) is 41.3 Å². The summed E-state index contributed by atoms with van der Waals surface area (Å²) in [5.74, 6) is 0.815. The predicted octanol–water partition coefficient (Wildman–Crippen LogP) is 6.24. The van der Waals surface area contributed by atoms with E-state index in [4.69, 9.17) is 25.5 Å². The second-order valence-electron chi connectivity index (χ2n) is 9.77. The molecule has 0 N–H and O–H groups in total. The predicted molar refractivity (Wildman–Crippen MR) is 137 cm³/mol. The smallest absolute Gasteiger partial charge is 0.343 e. The van der Waals surface area contributed by atoms with Crippen molar-refractivity contribution < 1.29 is 23.7 Å².